The molecule has 0 unspecified atom stereocenters. The molecule has 2 amide bonds. The number of nitrogens with one attached hydrogen (secondary N) is 2. The van der Waals surface area contributed by atoms with E-state index in [-0.39, 0.29) is 42.2 Å². The molecule has 0 bridgehead atoms. The summed E-state index contributed by atoms with van der Waals surface area (Å²) in [6.45, 7) is 0.552. The summed E-state index contributed by atoms with van der Waals surface area (Å²) < 4.78 is 12.2. The lowest BCUT2D eigenvalue weighted by molar-refractivity contribution is -0.123. The molecule has 0 radical (unpaired) electrons. The van der Waals surface area contributed by atoms with E-state index in [9.17, 15) is 19.2 Å². The van der Waals surface area contributed by atoms with E-state index in [4.69, 9.17) is 4.74 Å². The number of ether oxygens (including phenoxy) is 2. The van der Waals surface area contributed by atoms with Crippen LogP contribution < -0.4 is 15.6 Å². The number of carbonyl (C=O) groups is 3. The van der Waals surface area contributed by atoms with Crippen molar-refractivity contribution in [2.45, 2.75) is 38.5 Å². The molecule has 0 aliphatic heterocycles. The molecule has 0 fully saturated rings. The molecule has 2 N–H and O–H groups in total. The van der Waals surface area contributed by atoms with Crippen molar-refractivity contribution in [1.82, 2.24) is 24.8 Å². The number of hydrogen-bond donors (Lipinski definition) is 2. The van der Waals surface area contributed by atoms with Gasteiger partial charge in [0.05, 0.1) is 25.2 Å². The summed E-state index contributed by atoms with van der Waals surface area (Å²) >= 11 is 0. The van der Waals surface area contributed by atoms with Crippen LogP contribution in [-0.4, -0.2) is 64.5 Å². The first-order chi connectivity index (χ1) is 20.7. The summed E-state index contributed by atoms with van der Waals surface area (Å²) in [6, 6.07) is 17.8. The Hall–Kier alpha value is -5.19. The zero-order valence-electron chi connectivity index (χ0n) is 24.4. The average Bonchev–Trinajstić information content (AvgIpc) is 3.43. The highest BCUT2D eigenvalue weighted by Gasteiger charge is 2.22. The number of allylic oxidation sites excluding steroid dienone is 1. The number of likely N-dealkylation sites (N-methyl/N-ethyl adjacent to an activating group) is 1. The highest BCUT2D eigenvalue weighted by atomic mass is 16.5. The molecule has 4 rings (SSSR count). The van der Waals surface area contributed by atoms with Gasteiger partial charge in [-0.2, -0.15) is 0 Å². The Kier molecular flexibility index (Phi) is 10.5. The molecule has 0 aliphatic carbocycles. The SMILES string of the molecule is COC(=O)N[C@@H](CC/C=C/C(=O)N(C)C)C(=O)Cc1cccn(Cc2nc3c(OCc4ccccc4)cccc3[nH]2)c1=O. The van der Waals surface area contributed by atoms with Gasteiger partial charge in [0, 0.05) is 32.3 Å². The number of Topliss-reactive ketones (excluding diaryl/α,β-unsaturated/α-hetero) is 1. The maximum Gasteiger partial charge on any atom is 0.407 e. The van der Waals surface area contributed by atoms with Crippen molar-refractivity contribution < 1.29 is 23.9 Å². The molecule has 11 nitrogen and oxygen atoms in total. The van der Waals surface area contributed by atoms with Gasteiger partial charge >= 0.3 is 6.09 Å². The number of ketones is 1. The van der Waals surface area contributed by atoms with Crippen molar-refractivity contribution in [2.24, 2.45) is 0 Å². The summed E-state index contributed by atoms with van der Waals surface area (Å²) in [5, 5.41) is 2.54. The van der Waals surface area contributed by atoms with Crippen LogP contribution in [0.4, 0.5) is 4.79 Å². The van der Waals surface area contributed by atoms with Gasteiger partial charge in [0.15, 0.2) is 5.78 Å². The van der Waals surface area contributed by atoms with E-state index < -0.39 is 12.1 Å². The van der Waals surface area contributed by atoms with Crippen LogP contribution in [-0.2, 0) is 33.9 Å². The van der Waals surface area contributed by atoms with E-state index in [0.29, 0.717) is 30.1 Å². The van der Waals surface area contributed by atoms with Crippen LogP contribution in [0, 0.1) is 0 Å². The summed E-state index contributed by atoms with van der Waals surface area (Å²) in [5.74, 6) is 0.645. The molecule has 0 aliphatic rings. The summed E-state index contributed by atoms with van der Waals surface area (Å²) in [6.07, 6.45) is 4.34. The first kappa shape index (κ1) is 30.8. The van der Waals surface area contributed by atoms with E-state index in [1.807, 2.05) is 48.5 Å². The number of pyridine rings is 1. The largest absolute Gasteiger partial charge is 0.487 e. The van der Waals surface area contributed by atoms with Crippen molar-refractivity contribution in [3.05, 3.63) is 106 Å². The number of imidazole rings is 1. The Morgan fingerprint density at radius 2 is 1.86 bits per heavy atom. The zero-order valence-corrected chi connectivity index (χ0v) is 24.4. The summed E-state index contributed by atoms with van der Waals surface area (Å²) in [4.78, 5) is 59.5. The minimum atomic E-state index is -0.899. The minimum Gasteiger partial charge on any atom is -0.487 e. The first-order valence-corrected chi connectivity index (χ1v) is 13.8. The highest BCUT2D eigenvalue weighted by molar-refractivity contribution is 5.89. The second-order valence-electron chi connectivity index (χ2n) is 10.1. The standard InChI is InChI=1S/C32H35N5O6/c1-36(2)29(39)17-8-7-14-24(34-32(41)42-3)26(38)19-23-13-10-18-37(31(23)40)20-28-33-25-15-9-16-27(30(25)35-28)43-21-22-11-5-4-6-12-22/h4-6,8-13,15-18,24H,7,14,19-21H2,1-3H3,(H,33,35)(H,34,41)/b17-8+/t24-/m0/s1. The maximum absolute atomic E-state index is 13.3. The maximum atomic E-state index is 13.3. The second-order valence-corrected chi connectivity index (χ2v) is 10.1. The van der Waals surface area contributed by atoms with Crippen LogP contribution in [0.5, 0.6) is 5.75 Å². The van der Waals surface area contributed by atoms with Gasteiger partial charge in [-0.15, -0.1) is 0 Å². The Balaban J connectivity index is 1.46. The van der Waals surface area contributed by atoms with Crippen molar-refractivity contribution in [1.29, 1.82) is 0 Å². The third-order valence-corrected chi connectivity index (χ3v) is 6.74. The Bertz CT molecular complexity index is 1660. The number of amides is 2. The van der Waals surface area contributed by atoms with Crippen LogP contribution in [0.2, 0.25) is 0 Å². The number of benzene rings is 2. The number of hydrogen-bond acceptors (Lipinski definition) is 7. The van der Waals surface area contributed by atoms with Gasteiger partial charge in [-0.1, -0.05) is 48.5 Å². The molecule has 1 atom stereocenters. The third kappa shape index (κ3) is 8.41. The number of aromatic nitrogens is 3. The molecule has 4 aromatic rings. The number of carbonyl (C=O) groups excluding carboxylic acids is 3. The molecule has 224 valence electrons. The molecule has 2 heterocycles. The Morgan fingerprint density at radius 1 is 1.07 bits per heavy atom. The molecule has 43 heavy (non-hydrogen) atoms. The van der Waals surface area contributed by atoms with Crippen LogP contribution in [0.1, 0.15) is 29.8 Å². The molecule has 11 heteroatoms. The number of aromatic amines is 1. The number of fused-ring (bicyclic) bond motifs is 1. The van der Waals surface area contributed by atoms with Gasteiger partial charge in [-0.25, -0.2) is 9.78 Å². The molecular weight excluding hydrogens is 550 g/mol. The lowest BCUT2D eigenvalue weighted by Gasteiger charge is -2.16. The lowest BCUT2D eigenvalue weighted by atomic mass is 10.0. The fraction of sp³-hybridized carbons (Fsp3) is 0.281. The van der Waals surface area contributed by atoms with Gasteiger partial charge in [0.1, 0.15) is 23.7 Å². The predicted molar refractivity (Wildman–Crippen MR) is 162 cm³/mol. The average molecular weight is 586 g/mol. The van der Waals surface area contributed by atoms with Gasteiger partial charge in [0.25, 0.3) is 5.56 Å². The number of alkyl carbamates (subject to hydrolysis) is 1. The van der Waals surface area contributed by atoms with Gasteiger partial charge in [-0.05, 0) is 42.7 Å². The first-order valence-electron chi connectivity index (χ1n) is 13.8. The van der Waals surface area contributed by atoms with E-state index in [2.05, 4.69) is 20.0 Å². The Morgan fingerprint density at radius 3 is 2.60 bits per heavy atom. The van der Waals surface area contributed by atoms with Crippen LogP contribution in [0.15, 0.2) is 83.8 Å². The Labute approximate surface area is 249 Å². The monoisotopic (exact) mass is 585 g/mol. The van der Waals surface area contributed by atoms with E-state index in [1.54, 1.807) is 38.5 Å². The molecule has 0 saturated carbocycles. The predicted octanol–water partition coefficient (Wildman–Crippen LogP) is 3.61. The highest BCUT2D eigenvalue weighted by Crippen LogP contribution is 2.24. The second kappa shape index (κ2) is 14.6. The van der Waals surface area contributed by atoms with Crippen molar-refractivity contribution in [2.75, 3.05) is 21.2 Å². The third-order valence-electron chi connectivity index (χ3n) is 6.74. The van der Waals surface area contributed by atoms with Crippen molar-refractivity contribution >= 4 is 28.8 Å². The fourth-order valence-corrected chi connectivity index (χ4v) is 4.41. The molecule has 2 aromatic carbocycles. The van der Waals surface area contributed by atoms with Gasteiger partial charge < -0.3 is 29.2 Å². The number of para-hydroxylation sites is 1. The quantitative estimate of drug-likeness (QED) is 0.229. The van der Waals surface area contributed by atoms with Crippen molar-refractivity contribution in [3.8, 4) is 5.75 Å². The molecule has 2 aromatic heterocycles. The van der Waals surface area contributed by atoms with E-state index in [1.165, 1.54) is 22.7 Å². The van der Waals surface area contributed by atoms with Crippen LogP contribution in [0.3, 0.4) is 0 Å². The van der Waals surface area contributed by atoms with Crippen molar-refractivity contribution in [3.63, 3.8) is 0 Å². The smallest absolute Gasteiger partial charge is 0.407 e. The van der Waals surface area contributed by atoms with Crippen LogP contribution in [0.25, 0.3) is 11.0 Å². The lowest BCUT2D eigenvalue weighted by Crippen LogP contribution is -2.42. The molecule has 0 saturated heterocycles. The normalized spacial score (nSPS) is 11.8. The summed E-state index contributed by atoms with van der Waals surface area (Å²) in [7, 11) is 4.48. The fourth-order valence-electron chi connectivity index (χ4n) is 4.41. The molecular formula is C32H35N5O6. The van der Waals surface area contributed by atoms with E-state index in [0.717, 1.165) is 11.1 Å². The number of H-pyrrole nitrogens is 1. The number of rotatable bonds is 13. The van der Waals surface area contributed by atoms with Gasteiger partial charge in [-0.3, -0.25) is 14.4 Å². The minimum absolute atomic E-state index is 0.155. The van der Waals surface area contributed by atoms with E-state index >= 15 is 0 Å². The summed E-state index contributed by atoms with van der Waals surface area (Å²) in [5.41, 5.74) is 2.41. The topological polar surface area (TPSA) is 136 Å². The zero-order chi connectivity index (χ0) is 30.8. The number of methoxy groups -OCH3 is 1. The molecule has 0 spiro atoms. The number of nitrogens with zero attached hydrogens (tertiary/aromatic N) is 3. The van der Waals surface area contributed by atoms with Crippen LogP contribution >= 0.6 is 0 Å². The van der Waals surface area contributed by atoms with Gasteiger partial charge in [0.2, 0.25) is 5.91 Å².